The molecule has 0 atom stereocenters. The van der Waals surface area contributed by atoms with E-state index in [1.807, 2.05) is 25.1 Å². The van der Waals surface area contributed by atoms with Gasteiger partial charge in [0.25, 0.3) is 5.56 Å². The Hall–Kier alpha value is -1.82. The number of carbonyl (C=O) groups excluding carboxylic acids is 1. The van der Waals surface area contributed by atoms with Gasteiger partial charge in [-0.2, -0.15) is 0 Å². The minimum Gasteiger partial charge on any atom is -0.355 e. The van der Waals surface area contributed by atoms with E-state index in [0.29, 0.717) is 29.1 Å². The van der Waals surface area contributed by atoms with Crippen LogP contribution in [0.15, 0.2) is 34.2 Å². The number of amides is 1. The molecular formula is C18H25N3O2S. The summed E-state index contributed by atoms with van der Waals surface area (Å²) in [6.45, 7) is 5.48. The van der Waals surface area contributed by atoms with Gasteiger partial charge in [0, 0.05) is 13.1 Å². The smallest absolute Gasteiger partial charge is 0.262 e. The molecule has 0 spiro atoms. The van der Waals surface area contributed by atoms with Gasteiger partial charge in [-0.25, -0.2) is 4.98 Å². The molecule has 1 heterocycles. The lowest BCUT2D eigenvalue weighted by Crippen LogP contribution is -2.27. The Morgan fingerprint density at radius 1 is 1.21 bits per heavy atom. The summed E-state index contributed by atoms with van der Waals surface area (Å²) in [7, 11) is 0. The van der Waals surface area contributed by atoms with Crippen LogP contribution in [0.5, 0.6) is 0 Å². The zero-order valence-electron chi connectivity index (χ0n) is 14.4. The average Bonchev–Trinajstić information content (AvgIpc) is 2.60. The molecule has 0 saturated heterocycles. The van der Waals surface area contributed by atoms with Gasteiger partial charge in [-0.15, -0.1) is 0 Å². The predicted octanol–water partition coefficient (Wildman–Crippen LogP) is 3.21. The van der Waals surface area contributed by atoms with Gasteiger partial charge in [0.15, 0.2) is 5.16 Å². The zero-order valence-corrected chi connectivity index (χ0v) is 15.2. The number of nitrogens with one attached hydrogen (secondary N) is 1. The first-order valence-corrected chi connectivity index (χ1v) is 9.55. The maximum atomic E-state index is 12.6. The highest BCUT2D eigenvalue weighted by atomic mass is 32.2. The normalized spacial score (nSPS) is 10.9. The highest BCUT2D eigenvalue weighted by Crippen LogP contribution is 2.17. The second-order valence-electron chi connectivity index (χ2n) is 5.71. The fourth-order valence-electron chi connectivity index (χ4n) is 2.46. The van der Waals surface area contributed by atoms with Crippen LogP contribution in [-0.2, 0) is 11.3 Å². The molecule has 0 aliphatic carbocycles. The number of hydrogen-bond acceptors (Lipinski definition) is 4. The molecule has 0 saturated carbocycles. The topological polar surface area (TPSA) is 64.0 Å². The van der Waals surface area contributed by atoms with Crippen LogP contribution >= 0.6 is 11.8 Å². The maximum Gasteiger partial charge on any atom is 0.262 e. The SMILES string of the molecule is CCCCCNC(=O)CSc1nc2ccccc2c(=O)n1CCC. The lowest BCUT2D eigenvalue weighted by Gasteiger charge is -2.12. The van der Waals surface area contributed by atoms with Crippen molar-refractivity contribution < 1.29 is 4.79 Å². The Morgan fingerprint density at radius 3 is 2.75 bits per heavy atom. The second kappa shape index (κ2) is 9.47. The van der Waals surface area contributed by atoms with Gasteiger partial charge in [-0.05, 0) is 25.0 Å². The molecule has 1 amide bonds. The third kappa shape index (κ3) is 4.84. The summed E-state index contributed by atoms with van der Waals surface area (Å²) in [6, 6.07) is 7.35. The van der Waals surface area contributed by atoms with Crippen LogP contribution in [-0.4, -0.2) is 27.8 Å². The lowest BCUT2D eigenvalue weighted by molar-refractivity contribution is -0.118. The van der Waals surface area contributed by atoms with Crippen molar-refractivity contribution in [3.05, 3.63) is 34.6 Å². The Balaban J connectivity index is 2.11. The molecule has 0 radical (unpaired) electrons. The molecule has 0 aliphatic heterocycles. The molecule has 2 aromatic rings. The van der Waals surface area contributed by atoms with E-state index in [9.17, 15) is 9.59 Å². The monoisotopic (exact) mass is 347 g/mol. The van der Waals surface area contributed by atoms with E-state index < -0.39 is 0 Å². The molecule has 0 fully saturated rings. The number of nitrogens with zero attached hydrogens (tertiary/aromatic N) is 2. The van der Waals surface area contributed by atoms with Crippen molar-refractivity contribution in [1.82, 2.24) is 14.9 Å². The third-order valence-electron chi connectivity index (χ3n) is 3.71. The van der Waals surface area contributed by atoms with Crippen LogP contribution in [0.4, 0.5) is 0 Å². The van der Waals surface area contributed by atoms with Gasteiger partial charge in [0.1, 0.15) is 0 Å². The molecule has 6 heteroatoms. The van der Waals surface area contributed by atoms with Gasteiger partial charge < -0.3 is 5.32 Å². The van der Waals surface area contributed by atoms with Crippen molar-refractivity contribution in [3.8, 4) is 0 Å². The van der Waals surface area contributed by atoms with E-state index in [1.54, 1.807) is 10.6 Å². The quantitative estimate of drug-likeness (QED) is 0.430. The van der Waals surface area contributed by atoms with Crippen LogP contribution < -0.4 is 10.9 Å². The Morgan fingerprint density at radius 2 is 2.00 bits per heavy atom. The number of para-hydroxylation sites is 1. The minimum absolute atomic E-state index is 0.0124. The van der Waals surface area contributed by atoms with Crippen molar-refractivity contribution in [2.75, 3.05) is 12.3 Å². The highest BCUT2D eigenvalue weighted by molar-refractivity contribution is 7.99. The van der Waals surface area contributed by atoms with Crippen molar-refractivity contribution in [3.63, 3.8) is 0 Å². The molecular weight excluding hydrogens is 322 g/mol. The standard InChI is InChI=1S/C18H25N3O2S/c1-3-5-8-11-19-16(22)13-24-18-20-15-10-7-6-9-14(15)17(23)21(18)12-4-2/h6-7,9-10H,3-5,8,11-13H2,1-2H3,(H,19,22). The van der Waals surface area contributed by atoms with Crippen molar-refractivity contribution in [2.24, 2.45) is 0 Å². The number of aromatic nitrogens is 2. The Bertz CT molecular complexity index is 743. The van der Waals surface area contributed by atoms with Crippen LogP contribution in [0.25, 0.3) is 10.9 Å². The first kappa shape index (κ1) is 18.5. The molecule has 5 nitrogen and oxygen atoms in total. The predicted molar refractivity (Wildman–Crippen MR) is 99.6 cm³/mol. The number of unbranched alkanes of at least 4 members (excludes halogenated alkanes) is 2. The molecule has 1 aromatic heterocycles. The van der Waals surface area contributed by atoms with Gasteiger partial charge in [-0.1, -0.05) is 50.6 Å². The average molecular weight is 347 g/mol. The van der Waals surface area contributed by atoms with E-state index in [1.165, 1.54) is 11.8 Å². The van der Waals surface area contributed by atoms with E-state index in [0.717, 1.165) is 25.7 Å². The fraction of sp³-hybridized carbons (Fsp3) is 0.500. The second-order valence-corrected chi connectivity index (χ2v) is 6.66. The molecule has 0 aliphatic rings. The summed E-state index contributed by atoms with van der Waals surface area (Å²) in [4.78, 5) is 29.2. The molecule has 130 valence electrons. The number of rotatable bonds is 9. The van der Waals surface area contributed by atoms with E-state index in [-0.39, 0.29) is 17.2 Å². The van der Waals surface area contributed by atoms with Crippen LogP contribution in [0, 0.1) is 0 Å². The van der Waals surface area contributed by atoms with Crippen LogP contribution in [0.1, 0.15) is 39.5 Å². The number of carbonyl (C=O) groups is 1. The number of thioether (sulfide) groups is 1. The molecule has 1 aromatic carbocycles. The summed E-state index contributed by atoms with van der Waals surface area (Å²) < 4.78 is 1.68. The summed E-state index contributed by atoms with van der Waals surface area (Å²) in [5.74, 6) is 0.266. The largest absolute Gasteiger partial charge is 0.355 e. The molecule has 24 heavy (non-hydrogen) atoms. The Labute approximate surface area is 146 Å². The highest BCUT2D eigenvalue weighted by Gasteiger charge is 2.12. The number of hydrogen-bond donors (Lipinski definition) is 1. The first-order chi connectivity index (χ1) is 11.7. The van der Waals surface area contributed by atoms with Gasteiger partial charge >= 0.3 is 0 Å². The van der Waals surface area contributed by atoms with Gasteiger partial charge in [0.2, 0.25) is 5.91 Å². The molecule has 0 unspecified atom stereocenters. The van der Waals surface area contributed by atoms with Gasteiger partial charge in [0.05, 0.1) is 16.7 Å². The maximum absolute atomic E-state index is 12.6. The van der Waals surface area contributed by atoms with Gasteiger partial charge in [-0.3, -0.25) is 14.2 Å². The molecule has 0 bridgehead atoms. The lowest BCUT2D eigenvalue weighted by atomic mass is 10.2. The van der Waals surface area contributed by atoms with Crippen LogP contribution in [0.2, 0.25) is 0 Å². The fourth-order valence-corrected chi connectivity index (χ4v) is 3.32. The molecule has 2 rings (SSSR count). The Kier molecular flexibility index (Phi) is 7.31. The van der Waals surface area contributed by atoms with Crippen molar-refractivity contribution >= 4 is 28.6 Å². The van der Waals surface area contributed by atoms with E-state index >= 15 is 0 Å². The minimum atomic E-state index is -0.0340. The van der Waals surface area contributed by atoms with Crippen molar-refractivity contribution in [2.45, 2.75) is 51.2 Å². The zero-order chi connectivity index (χ0) is 17.4. The summed E-state index contributed by atoms with van der Waals surface area (Å²) in [5.41, 5.74) is 0.647. The summed E-state index contributed by atoms with van der Waals surface area (Å²) in [6.07, 6.45) is 4.10. The summed E-state index contributed by atoms with van der Waals surface area (Å²) in [5, 5.41) is 4.16. The first-order valence-electron chi connectivity index (χ1n) is 8.56. The summed E-state index contributed by atoms with van der Waals surface area (Å²) >= 11 is 1.33. The molecule has 1 N–H and O–H groups in total. The van der Waals surface area contributed by atoms with Crippen LogP contribution in [0.3, 0.4) is 0 Å². The number of fused-ring (bicyclic) bond motifs is 1. The number of benzene rings is 1. The van der Waals surface area contributed by atoms with E-state index in [4.69, 9.17) is 0 Å². The van der Waals surface area contributed by atoms with Crippen molar-refractivity contribution in [1.29, 1.82) is 0 Å². The van der Waals surface area contributed by atoms with E-state index in [2.05, 4.69) is 17.2 Å². The third-order valence-corrected chi connectivity index (χ3v) is 4.69.